The Labute approximate surface area is 157 Å². The highest BCUT2D eigenvalue weighted by Gasteiger charge is 2.74. The molecule has 3 rings (SSSR count). The van der Waals surface area contributed by atoms with Gasteiger partial charge in [-0.05, 0) is 44.4 Å². The third-order valence-corrected chi connectivity index (χ3v) is 6.08. The lowest BCUT2D eigenvalue weighted by Crippen LogP contribution is -2.36. The van der Waals surface area contributed by atoms with Crippen molar-refractivity contribution in [1.29, 1.82) is 0 Å². The molecule has 152 valence electrons. The van der Waals surface area contributed by atoms with E-state index < -0.39 is 35.6 Å². The predicted octanol–water partition coefficient (Wildman–Crippen LogP) is 3.24. The lowest BCUT2D eigenvalue weighted by Gasteiger charge is -2.20. The van der Waals surface area contributed by atoms with Crippen molar-refractivity contribution in [3.63, 3.8) is 0 Å². The number of fused-ring (bicyclic) bond motifs is 1. The van der Waals surface area contributed by atoms with Gasteiger partial charge in [-0.15, -0.1) is 0 Å². The summed E-state index contributed by atoms with van der Waals surface area (Å²) in [5, 5.41) is 9.20. The fourth-order valence-corrected chi connectivity index (χ4v) is 4.61. The number of halogens is 1. The zero-order valence-electron chi connectivity index (χ0n) is 15.4. The van der Waals surface area contributed by atoms with Crippen LogP contribution in [0.25, 0.3) is 0 Å². The van der Waals surface area contributed by atoms with E-state index in [9.17, 15) is 23.9 Å². The van der Waals surface area contributed by atoms with Gasteiger partial charge < -0.3 is 19.3 Å². The maximum atomic E-state index is 13.8. The highest BCUT2D eigenvalue weighted by Crippen LogP contribution is 2.67. The molecule has 3 aliphatic rings. The molecule has 0 aliphatic heterocycles. The van der Waals surface area contributed by atoms with Crippen molar-refractivity contribution < 1.29 is 38.1 Å². The molecule has 0 bridgehead atoms. The Kier molecular flexibility index (Phi) is 6.22. The van der Waals surface area contributed by atoms with Crippen LogP contribution in [0, 0.1) is 17.3 Å². The molecule has 0 heterocycles. The van der Waals surface area contributed by atoms with Crippen LogP contribution < -0.4 is 0 Å². The molecule has 27 heavy (non-hydrogen) atoms. The molecule has 3 fully saturated rings. The van der Waals surface area contributed by atoms with Gasteiger partial charge in [-0.25, -0.2) is 9.18 Å². The first-order valence-electron chi connectivity index (χ1n) is 9.82. The third kappa shape index (κ3) is 4.35. The van der Waals surface area contributed by atoms with E-state index in [2.05, 4.69) is 0 Å². The Hall–Kier alpha value is -1.86. The average molecular weight is 386 g/mol. The van der Waals surface area contributed by atoms with Crippen molar-refractivity contribution in [3.05, 3.63) is 0 Å². The van der Waals surface area contributed by atoms with E-state index in [1.165, 1.54) is 6.42 Å². The summed E-state index contributed by atoms with van der Waals surface area (Å²) in [4.78, 5) is 35.3. The smallest absolute Gasteiger partial charge is 0.481 e. The second-order valence-corrected chi connectivity index (χ2v) is 7.83. The number of ether oxygens (including phenoxy) is 3. The molecule has 0 aromatic heterocycles. The maximum Gasteiger partial charge on any atom is 0.508 e. The average Bonchev–Trinajstić information content (AvgIpc) is 3.19. The summed E-state index contributed by atoms with van der Waals surface area (Å²) in [6.07, 6.45) is 5.19. The second kappa shape index (κ2) is 8.44. The maximum absolute atomic E-state index is 13.8. The van der Waals surface area contributed by atoms with E-state index in [0.29, 0.717) is 6.42 Å². The lowest BCUT2D eigenvalue weighted by molar-refractivity contribution is -0.161. The number of hydrogen-bond acceptors (Lipinski definition) is 6. The number of alkyl halides is 1. The minimum Gasteiger partial charge on any atom is -0.481 e. The van der Waals surface area contributed by atoms with Gasteiger partial charge in [-0.3, -0.25) is 9.59 Å². The van der Waals surface area contributed by atoms with E-state index in [-0.39, 0.29) is 31.7 Å². The van der Waals surface area contributed by atoms with Crippen molar-refractivity contribution in [2.75, 3.05) is 13.2 Å². The van der Waals surface area contributed by atoms with Crippen molar-refractivity contribution >= 4 is 18.1 Å². The molecule has 1 N–H and O–H groups in total. The summed E-state index contributed by atoms with van der Waals surface area (Å²) < 4.78 is 29.1. The SMILES string of the molecule is O=C(OCCOC(=O)C12CC1CC(F)C2C(=O)O)OC1CCCCCCC1. The van der Waals surface area contributed by atoms with Gasteiger partial charge in [0, 0.05) is 0 Å². The minimum absolute atomic E-state index is 0.0796. The number of carboxylic acids is 1. The molecule has 3 saturated carbocycles. The van der Waals surface area contributed by atoms with E-state index in [4.69, 9.17) is 14.2 Å². The van der Waals surface area contributed by atoms with Gasteiger partial charge in [0.05, 0.1) is 5.41 Å². The van der Waals surface area contributed by atoms with Gasteiger partial charge in [-0.1, -0.05) is 19.3 Å². The predicted molar refractivity (Wildman–Crippen MR) is 90.7 cm³/mol. The third-order valence-electron chi connectivity index (χ3n) is 6.08. The first-order valence-corrected chi connectivity index (χ1v) is 9.82. The van der Waals surface area contributed by atoms with Crippen molar-refractivity contribution in [2.24, 2.45) is 17.3 Å². The Morgan fingerprint density at radius 1 is 1.00 bits per heavy atom. The van der Waals surface area contributed by atoms with Crippen molar-refractivity contribution in [3.8, 4) is 0 Å². The number of aliphatic carboxylic acids is 1. The highest BCUT2D eigenvalue weighted by molar-refractivity contribution is 5.89. The lowest BCUT2D eigenvalue weighted by atomic mass is 9.89. The number of rotatable bonds is 6. The zero-order chi connectivity index (χ0) is 19.4. The Bertz CT molecular complexity index is 572. The summed E-state index contributed by atoms with van der Waals surface area (Å²) >= 11 is 0. The monoisotopic (exact) mass is 386 g/mol. The second-order valence-electron chi connectivity index (χ2n) is 7.83. The Morgan fingerprint density at radius 2 is 1.63 bits per heavy atom. The molecule has 0 aromatic rings. The van der Waals surface area contributed by atoms with Gasteiger partial charge in [0.25, 0.3) is 0 Å². The van der Waals surface area contributed by atoms with Crippen LogP contribution in [-0.4, -0.2) is 48.7 Å². The summed E-state index contributed by atoms with van der Waals surface area (Å²) in [5.41, 5.74) is -1.25. The van der Waals surface area contributed by atoms with E-state index in [1.54, 1.807) is 0 Å². The fraction of sp³-hybridized carbons (Fsp3) is 0.842. The summed E-state index contributed by atoms with van der Waals surface area (Å²) in [6, 6.07) is 0. The number of hydrogen-bond donors (Lipinski definition) is 1. The van der Waals surface area contributed by atoms with Crippen LogP contribution >= 0.6 is 0 Å². The van der Waals surface area contributed by atoms with Gasteiger partial charge in [0.1, 0.15) is 31.4 Å². The van der Waals surface area contributed by atoms with Gasteiger partial charge in [-0.2, -0.15) is 0 Å². The van der Waals surface area contributed by atoms with Crippen LogP contribution in [-0.2, 0) is 23.8 Å². The van der Waals surface area contributed by atoms with Gasteiger partial charge >= 0.3 is 18.1 Å². The van der Waals surface area contributed by atoms with Crippen LogP contribution in [0.2, 0.25) is 0 Å². The standard InChI is InChI=1S/C19H27FO7/c20-14-10-12-11-19(12,15(14)16(21)22)17(23)25-8-9-26-18(24)27-13-6-4-2-1-3-5-7-13/h12-15H,1-11H2,(H,21,22). The molecule has 3 aliphatic carbocycles. The number of carboxylic acid groups (broad SMARTS) is 1. The fourth-order valence-electron chi connectivity index (χ4n) is 4.61. The molecule has 0 saturated heterocycles. The summed E-state index contributed by atoms with van der Waals surface area (Å²) in [5.74, 6) is -3.64. The number of carbonyl (C=O) groups is 3. The minimum atomic E-state index is -1.52. The van der Waals surface area contributed by atoms with Gasteiger partial charge in [0.15, 0.2) is 0 Å². The molecule has 0 amide bonds. The molecule has 4 atom stereocenters. The Morgan fingerprint density at radius 3 is 2.30 bits per heavy atom. The number of esters is 1. The molecule has 4 unspecified atom stereocenters. The highest BCUT2D eigenvalue weighted by atomic mass is 19.1. The quantitative estimate of drug-likeness (QED) is 0.552. The molecule has 8 heteroatoms. The van der Waals surface area contributed by atoms with Crippen LogP contribution in [0.4, 0.5) is 9.18 Å². The largest absolute Gasteiger partial charge is 0.508 e. The zero-order valence-corrected chi connectivity index (χ0v) is 15.4. The first kappa shape index (κ1) is 19.9. The topological polar surface area (TPSA) is 99.1 Å². The number of carbonyl (C=O) groups excluding carboxylic acids is 2. The summed E-state index contributed by atoms with van der Waals surface area (Å²) in [6.45, 7) is -0.370. The Balaban J connectivity index is 1.37. The summed E-state index contributed by atoms with van der Waals surface area (Å²) in [7, 11) is 0. The first-order chi connectivity index (χ1) is 12.9. The van der Waals surface area contributed by atoms with Gasteiger partial charge in [0.2, 0.25) is 0 Å². The van der Waals surface area contributed by atoms with Crippen LogP contribution in [0.5, 0.6) is 0 Å². The molecule has 0 aromatic carbocycles. The molecule has 7 nitrogen and oxygen atoms in total. The van der Waals surface area contributed by atoms with Crippen molar-refractivity contribution in [2.45, 2.75) is 70.1 Å². The molecular formula is C19H27FO7. The molecular weight excluding hydrogens is 359 g/mol. The normalized spacial score (nSPS) is 33.3. The van der Waals surface area contributed by atoms with E-state index in [0.717, 1.165) is 38.5 Å². The van der Waals surface area contributed by atoms with Crippen LogP contribution in [0.15, 0.2) is 0 Å². The molecule has 0 spiro atoms. The van der Waals surface area contributed by atoms with Crippen LogP contribution in [0.1, 0.15) is 57.8 Å². The van der Waals surface area contributed by atoms with E-state index >= 15 is 0 Å². The molecule has 0 radical (unpaired) electrons. The van der Waals surface area contributed by atoms with E-state index in [1.807, 2.05) is 0 Å². The van der Waals surface area contributed by atoms with Crippen LogP contribution in [0.3, 0.4) is 0 Å². The van der Waals surface area contributed by atoms with Crippen molar-refractivity contribution in [1.82, 2.24) is 0 Å².